The highest BCUT2D eigenvalue weighted by Crippen LogP contribution is 2.14. The van der Waals surface area contributed by atoms with E-state index in [1.54, 1.807) is 24.3 Å². The van der Waals surface area contributed by atoms with Gasteiger partial charge in [-0.3, -0.25) is 23.5 Å². The van der Waals surface area contributed by atoms with Crippen LogP contribution < -0.4 is 16.4 Å². The first kappa shape index (κ1) is 19.5. The Balaban J connectivity index is 1.76. The van der Waals surface area contributed by atoms with E-state index in [0.29, 0.717) is 10.6 Å². The second-order valence-corrected chi connectivity index (χ2v) is 6.28. The number of rotatable bonds is 5. The van der Waals surface area contributed by atoms with Crippen molar-refractivity contribution in [1.82, 2.24) is 14.5 Å². The summed E-state index contributed by atoms with van der Waals surface area (Å²) in [6.45, 7) is -0.212. The molecule has 1 amide bonds. The fourth-order valence-corrected chi connectivity index (χ4v) is 2.72. The molecule has 144 valence electrons. The van der Waals surface area contributed by atoms with Crippen LogP contribution >= 0.6 is 11.6 Å². The Morgan fingerprint density at radius 2 is 1.75 bits per heavy atom. The van der Waals surface area contributed by atoms with E-state index in [-0.39, 0.29) is 18.8 Å². The van der Waals surface area contributed by atoms with E-state index in [9.17, 15) is 23.2 Å². The summed E-state index contributed by atoms with van der Waals surface area (Å²) >= 11 is 6.01. The number of carbonyl (C=O) groups excluding carboxylic acids is 1. The van der Waals surface area contributed by atoms with E-state index in [2.05, 4.69) is 5.32 Å². The average molecular weight is 406 g/mol. The zero-order valence-corrected chi connectivity index (χ0v) is 15.1. The van der Waals surface area contributed by atoms with Gasteiger partial charge in [-0.25, -0.2) is 8.78 Å². The number of hydrogen-bond donors (Lipinski definition) is 1. The van der Waals surface area contributed by atoms with Gasteiger partial charge in [-0.15, -0.1) is 0 Å². The SMILES string of the molecule is O=C(Cn1ccn(-c2ccc(F)c(F)c2)c(=O)c1=O)NCc1ccccc1Cl. The number of halogens is 3. The third-order valence-corrected chi connectivity index (χ3v) is 4.36. The Morgan fingerprint density at radius 3 is 2.46 bits per heavy atom. The molecule has 0 bridgehead atoms. The van der Waals surface area contributed by atoms with Crippen LogP contribution in [0.2, 0.25) is 5.02 Å². The monoisotopic (exact) mass is 405 g/mol. The molecule has 6 nitrogen and oxygen atoms in total. The molecule has 0 atom stereocenters. The van der Waals surface area contributed by atoms with Gasteiger partial charge in [0.1, 0.15) is 6.54 Å². The molecule has 0 spiro atoms. The topological polar surface area (TPSA) is 73.1 Å². The zero-order chi connectivity index (χ0) is 20.3. The van der Waals surface area contributed by atoms with Crippen LogP contribution in [-0.4, -0.2) is 15.0 Å². The minimum absolute atomic E-state index is 0.00341. The first-order chi connectivity index (χ1) is 13.4. The summed E-state index contributed by atoms with van der Waals surface area (Å²) in [5, 5.41) is 3.11. The molecule has 0 aliphatic rings. The zero-order valence-electron chi connectivity index (χ0n) is 14.4. The molecule has 0 aliphatic carbocycles. The lowest BCUT2D eigenvalue weighted by Gasteiger charge is -2.10. The van der Waals surface area contributed by atoms with E-state index < -0.39 is 28.7 Å². The molecular weight excluding hydrogens is 392 g/mol. The summed E-state index contributed by atoms with van der Waals surface area (Å²) in [4.78, 5) is 36.6. The van der Waals surface area contributed by atoms with Gasteiger partial charge in [0, 0.05) is 30.0 Å². The highest BCUT2D eigenvalue weighted by atomic mass is 35.5. The number of aromatic nitrogens is 2. The van der Waals surface area contributed by atoms with Crippen LogP contribution in [0.1, 0.15) is 5.56 Å². The number of hydrogen-bond acceptors (Lipinski definition) is 3. The molecule has 0 aliphatic heterocycles. The smallest absolute Gasteiger partial charge is 0.320 e. The van der Waals surface area contributed by atoms with Crippen molar-refractivity contribution in [2.75, 3.05) is 0 Å². The molecule has 28 heavy (non-hydrogen) atoms. The summed E-state index contributed by atoms with van der Waals surface area (Å²) in [6.07, 6.45) is 2.43. The lowest BCUT2D eigenvalue weighted by molar-refractivity contribution is -0.121. The van der Waals surface area contributed by atoms with E-state index in [1.165, 1.54) is 18.5 Å². The molecular formula is C19H14ClF2N3O3. The van der Waals surface area contributed by atoms with Crippen LogP contribution in [-0.2, 0) is 17.9 Å². The molecule has 0 saturated carbocycles. The van der Waals surface area contributed by atoms with Crippen LogP contribution in [0.15, 0.2) is 64.4 Å². The second kappa shape index (κ2) is 8.18. The van der Waals surface area contributed by atoms with E-state index in [4.69, 9.17) is 11.6 Å². The molecule has 1 heterocycles. The quantitative estimate of drug-likeness (QED) is 0.662. The summed E-state index contributed by atoms with van der Waals surface area (Å²) in [7, 11) is 0. The van der Waals surface area contributed by atoms with E-state index in [1.807, 2.05) is 0 Å². The number of nitrogens with one attached hydrogen (secondary N) is 1. The van der Waals surface area contributed by atoms with Crippen LogP contribution in [0.4, 0.5) is 8.78 Å². The summed E-state index contributed by atoms with van der Waals surface area (Å²) < 4.78 is 28.2. The van der Waals surface area contributed by atoms with Gasteiger partial charge in [-0.05, 0) is 23.8 Å². The standard InChI is InChI=1S/C19H14ClF2N3O3/c20-14-4-2-1-3-12(14)10-23-17(26)11-24-7-8-25(19(28)18(24)27)13-5-6-15(21)16(22)9-13/h1-9H,10-11H2,(H,23,26). The third kappa shape index (κ3) is 4.17. The summed E-state index contributed by atoms with van der Waals surface area (Å²) in [5.41, 5.74) is -1.26. The number of amides is 1. The van der Waals surface area contributed by atoms with Crippen LogP contribution in [0.5, 0.6) is 0 Å². The molecule has 1 aromatic heterocycles. The van der Waals surface area contributed by atoms with Gasteiger partial charge in [-0.1, -0.05) is 29.8 Å². The van der Waals surface area contributed by atoms with Crippen molar-refractivity contribution in [3.8, 4) is 5.69 Å². The van der Waals surface area contributed by atoms with Crippen molar-refractivity contribution in [2.24, 2.45) is 0 Å². The van der Waals surface area contributed by atoms with Crippen LogP contribution in [0.3, 0.4) is 0 Å². The fourth-order valence-electron chi connectivity index (χ4n) is 2.52. The minimum Gasteiger partial charge on any atom is -0.350 e. The number of nitrogens with zero attached hydrogens (tertiary/aromatic N) is 2. The lowest BCUT2D eigenvalue weighted by Crippen LogP contribution is -2.42. The van der Waals surface area contributed by atoms with Gasteiger partial charge in [-0.2, -0.15) is 0 Å². The molecule has 3 aromatic rings. The maximum atomic E-state index is 13.4. The van der Waals surface area contributed by atoms with Gasteiger partial charge in [0.15, 0.2) is 11.6 Å². The maximum Gasteiger partial charge on any atom is 0.320 e. The van der Waals surface area contributed by atoms with Crippen molar-refractivity contribution in [2.45, 2.75) is 13.1 Å². The maximum absolute atomic E-state index is 13.4. The third-order valence-electron chi connectivity index (χ3n) is 3.99. The molecule has 9 heteroatoms. The van der Waals surface area contributed by atoms with Gasteiger partial charge in [0.25, 0.3) is 0 Å². The Kier molecular flexibility index (Phi) is 5.70. The van der Waals surface area contributed by atoms with Gasteiger partial charge in [0.05, 0.1) is 5.69 Å². The second-order valence-electron chi connectivity index (χ2n) is 5.87. The molecule has 0 radical (unpaired) electrons. The molecule has 2 aromatic carbocycles. The average Bonchev–Trinajstić information content (AvgIpc) is 2.67. The fraction of sp³-hybridized carbons (Fsp3) is 0.105. The first-order valence-electron chi connectivity index (χ1n) is 8.14. The molecule has 0 unspecified atom stereocenters. The minimum atomic E-state index is -1.15. The van der Waals surface area contributed by atoms with Crippen molar-refractivity contribution in [3.05, 3.63) is 97.8 Å². The van der Waals surface area contributed by atoms with Gasteiger partial charge >= 0.3 is 11.1 Å². The van der Waals surface area contributed by atoms with Gasteiger partial charge in [0.2, 0.25) is 5.91 Å². The molecule has 3 rings (SSSR count). The van der Waals surface area contributed by atoms with E-state index in [0.717, 1.165) is 21.3 Å². The molecule has 0 fully saturated rings. The summed E-state index contributed by atoms with van der Waals surface area (Å²) in [5.74, 6) is -2.71. The Hall–Kier alpha value is -3.26. The van der Waals surface area contributed by atoms with Crippen LogP contribution in [0, 0.1) is 11.6 Å². The highest BCUT2D eigenvalue weighted by molar-refractivity contribution is 6.31. The van der Waals surface area contributed by atoms with Crippen molar-refractivity contribution < 1.29 is 13.6 Å². The van der Waals surface area contributed by atoms with Crippen molar-refractivity contribution in [1.29, 1.82) is 0 Å². The molecule has 1 N–H and O–H groups in total. The summed E-state index contributed by atoms with van der Waals surface area (Å²) in [6, 6.07) is 9.79. The van der Waals surface area contributed by atoms with Crippen molar-refractivity contribution in [3.63, 3.8) is 0 Å². The Labute approximate surface area is 162 Å². The Bertz CT molecular complexity index is 1160. The molecule has 0 saturated heterocycles. The number of benzene rings is 2. The number of carbonyl (C=O) groups is 1. The largest absolute Gasteiger partial charge is 0.350 e. The predicted molar refractivity (Wildman–Crippen MR) is 99.5 cm³/mol. The lowest BCUT2D eigenvalue weighted by atomic mass is 10.2. The Morgan fingerprint density at radius 1 is 1.00 bits per heavy atom. The van der Waals surface area contributed by atoms with Crippen molar-refractivity contribution >= 4 is 17.5 Å². The predicted octanol–water partition coefficient (Wildman–Crippen LogP) is 2.25. The van der Waals surface area contributed by atoms with Gasteiger partial charge < -0.3 is 5.32 Å². The van der Waals surface area contributed by atoms with E-state index >= 15 is 0 Å². The first-order valence-corrected chi connectivity index (χ1v) is 8.52. The van der Waals surface area contributed by atoms with Crippen LogP contribution in [0.25, 0.3) is 5.69 Å². The normalized spacial score (nSPS) is 10.7. The highest BCUT2D eigenvalue weighted by Gasteiger charge is 2.12.